The summed E-state index contributed by atoms with van der Waals surface area (Å²) in [4.78, 5) is 5.74. The van der Waals surface area contributed by atoms with Crippen molar-refractivity contribution in [2.45, 2.75) is 25.6 Å². The molecule has 2 nitrogen and oxygen atoms in total. The zero-order valence-electron chi connectivity index (χ0n) is 10.6. The topological polar surface area (TPSA) is 24.9 Å². The highest BCUT2D eigenvalue weighted by Gasteiger charge is 2.30. The van der Waals surface area contributed by atoms with Crippen LogP contribution in [0.1, 0.15) is 26.7 Å². The van der Waals surface area contributed by atoms with Crippen LogP contribution in [0.15, 0.2) is 24.3 Å². The second kappa shape index (κ2) is 5.18. The van der Waals surface area contributed by atoms with Gasteiger partial charge in [0, 0.05) is 30.8 Å². The average molecular weight is 298 g/mol. The lowest BCUT2D eigenvalue weighted by atomic mass is 10.1. The van der Waals surface area contributed by atoms with Crippen LogP contribution in [0, 0.1) is 0 Å². The van der Waals surface area contributed by atoms with E-state index in [2.05, 4.69) is 10.3 Å². The first kappa shape index (κ1) is 13.6. The van der Waals surface area contributed by atoms with Gasteiger partial charge in [0.05, 0.1) is 16.3 Å². The molecular formula is C14H13F3N2S. The van der Waals surface area contributed by atoms with Crippen molar-refractivity contribution in [1.82, 2.24) is 10.3 Å². The van der Waals surface area contributed by atoms with E-state index in [1.165, 1.54) is 17.0 Å². The molecule has 0 aliphatic carbocycles. The van der Waals surface area contributed by atoms with E-state index in [9.17, 15) is 13.2 Å². The van der Waals surface area contributed by atoms with Crippen molar-refractivity contribution in [1.29, 1.82) is 0 Å². The van der Waals surface area contributed by atoms with Crippen molar-refractivity contribution < 1.29 is 13.2 Å². The highest BCUT2D eigenvalue weighted by molar-refractivity contribution is 7.11. The number of hydrogen-bond acceptors (Lipinski definition) is 3. The molecule has 1 aromatic heterocycles. The predicted octanol–water partition coefficient (Wildman–Crippen LogP) is 3.40. The molecule has 0 unspecified atom stereocenters. The lowest BCUT2D eigenvalue weighted by molar-refractivity contribution is -0.137. The molecule has 2 heterocycles. The number of hydrogen-bond donors (Lipinski definition) is 1. The molecular weight excluding hydrogens is 285 g/mol. The summed E-state index contributed by atoms with van der Waals surface area (Å²) in [6, 6.07) is 5.47. The van der Waals surface area contributed by atoms with E-state index in [1.54, 1.807) is 17.4 Å². The van der Waals surface area contributed by atoms with Gasteiger partial charge in [0.25, 0.3) is 0 Å². The minimum atomic E-state index is -4.29. The molecule has 0 radical (unpaired) electrons. The maximum absolute atomic E-state index is 12.7. The normalized spacial score (nSPS) is 15.2. The standard InChI is InChI=1S/C14H13F3N2S/c15-14(16,17)10-3-1-2-9(6-10)7-13-19-11-4-5-18-8-12(11)20-13/h1-3,6,18H,4-5,7-8H2. The first-order valence-corrected chi connectivity index (χ1v) is 7.18. The van der Waals surface area contributed by atoms with Gasteiger partial charge in [0.15, 0.2) is 0 Å². The molecule has 6 heteroatoms. The number of nitrogens with zero attached hydrogens (tertiary/aromatic N) is 1. The number of halogens is 3. The number of thiazole rings is 1. The van der Waals surface area contributed by atoms with Crippen LogP contribution in [0.25, 0.3) is 0 Å². The van der Waals surface area contributed by atoms with Crippen LogP contribution in [0.2, 0.25) is 0 Å². The zero-order valence-corrected chi connectivity index (χ0v) is 11.4. The van der Waals surface area contributed by atoms with E-state index in [1.807, 2.05) is 0 Å². The highest BCUT2D eigenvalue weighted by Crippen LogP contribution is 2.30. The summed E-state index contributed by atoms with van der Waals surface area (Å²) < 4.78 is 38.0. The van der Waals surface area contributed by atoms with Gasteiger partial charge in [-0.2, -0.15) is 13.2 Å². The first-order chi connectivity index (χ1) is 9.52. The Bertz CT molecular complexity index is 596. The Hall–Kier alpha value is -1.40. The third-order valence-corrected chi connectivity index (χ3v) is 4.35. The lowest BCUT2D eigenvalue weighted by Crippen LogP contribution is -2.22. The summed E-state index contributed by atoms with van der Waals surface area (Å²) in [6.45, 7) is 1.73. The second-order valence-corrected chi connectivity index (χ2v) is 5.95. The van der Waals surface area contributed by atoms with Gasteiger partial charge in [0.2, 0.25) is 0 Å². The Labute approximate surface area is 118 Å². The van der Waals surface area contributed by atoms with Gasteiger partial charge in [-0.15, -0.1) is 11.3 Å². The Kier molecular flexibility index (Phi) is 3.52. The molecule has 0 bridgehead atoms. The minimum absolute atomic E-state index is 0.460. The summed E-state index contributed by atoms with van der Waals surface area (Å²) in [7, 11) is 0. The largest absolute Gasteiger partial charge is 0.416 e. The predicted molar refractivity (Wildman–Crippen MR) is 71.8 cm³/mol. The average Bonchev–Trinajstić information content (AvgIpc) is 2.80. The summed E-state index contributed by atoms with van der Waals surface area (Å²) in [5, 5.41) is 4.16. The summed E-state index contributed by atoms with van der Waals surface area (Å²) >= 11 is 1.59. The van der Waals surface area contributed by atoms with Crippen LogP contribution in [-0.4, -0.2) is 11.5 Å². The molecule has 0 atom stereocenters. The van der Waals surface area contributed by atoms with Gasteiger partial charge in [-0.3, -0.25) is 0 Å². The van der Waals surface area contributed by atoms with Gasteiger partial charge >= 0.3 is 6.18 Å². The molecule has 2 aromatic rings. The second-order valence-electron chi connectivity index (χ2n) is 4.78. The summed E-state index contributed by atoms with van der Waals surface area (Å²) in [5.74, 6) is 0. The van der Waals surface area contributed by atoms with Crippen molar-refractivity contribution in [3.63, 3.8) is 0 Å². The molecule has 1 aliphatic heterocycles. The molecule has 0 amide bonds. The molecule has 0 saturated heterocycles. The maximum Gasteiger partial charge on any atom is 0.416 e. The quantitative estimate of drug-likeness (QED) is 0.919. The van der Waals surface area contributed by atoms with Crippen molar-refractivity contribution in [2.24, 2.45) is 0 Å². The molecule has 20 heavy (non-hydrogen) atoms. The Morgan fingerprint density at radius 1 is 1.30 bits per heavy atom. The minimum Gasteiger partial charge on any atom is -0.311 e. The van der Waals surface area contributed by atoms with Crippen molar-refractivity contribution in [3.8, 4) is 0 Å². The number of aromatic nitrogens is 1. The van der Waals surface area contributed by atoms with Crippen LogP contribution in [-0.2, 0) is 25.6 Å². The van der Waals surface area contributed by atoms with Crippen LogP contribution in [0.4, 0.5) is 13.2 Å². The molecule has 1 aromatic carbocycles. The smallest absolute Gasteiger partial charge is 0.311 e. The molecule has 1 aliphatic rings. The maximum atomic E-state index is 12.7. The lowest BCUT2D eigenvalue weighted by Gasteiger charge is -2.09. The van der Waals surface area contributed by atoms with Crippen LogP contribution in [0.3, 0.4) is 0 Å². The first-order valence-electron chi connectivity index (χ1n) is 6.37. The van der Waals surface area contributed by atoms with Crippen LogP contribution >= 0.6 is 11.3 Å². The number of fused-ring (bicyclic) bond motifs is 1. The van der Waals surface area contributed by atoms with Gasteiger partial charge in [-0.1, -0.05) is 18.2 Å². The van der Waals surface area contributed by atoms with E-state index in [-0.39, 0.29) is 0 Å². The monoisotopic (exact) mass is 298 g/mol. The molecule has 0 fully saturated rings. The molecule has 0 spiro atoms. The Morgan fingerprint density at radius 3 is 2.90 bits per heavy atom. The van der Waals surface area contributed by atoms with Gasteiger partial charge < -0.3 is 5.32 Å². The highest BCUT2D eigenvalue weighted by atomic mass is 32.1. The van der Waals surface area contributed by atoms with E-state index in [0.29, 0.717) is 12.0 Å². The van der Waals surface area contributed by atoms with Crippen molar-refractivity contribution in [2.75, 3.05) is 6.54 Å². The van der Waals surface area contributed by atoms with Crippen molar-refractivity contribution >= 4 is 11.3 Å². The zero-order chi connectivity index (χ0) is 14.2. The van der Waals surface area contributed by atoms with Gasteiger partial charge in [0.1, 0.15) is 0 Å². The molecule has 1 N–H and O–H groups in total. The van der Waals surface area contributed by atoms with Gasteiger partial charge in [-0.05, 0) is 11.6 Å². The molecule has 106 valence electrons. The number of rotatable bonds is 2. The molecule has 3 rings (SSSR count). The van der Waals surface area contributed by atoms with E-state index in [4.69, 9.17) is 0 Å². The number of nitrogens with one attached hydrogen (secondary N) is 1. The van der Waals surface area contributed by atoms with E-state index < -0.39 is 11.7 Å². The number of alkyl halides is 3. The number of benzene rings is 1. The van der Waals surface area contributed by atoms with E-state index in [0.717, 1.165) is 36.3 Å². The summed E-state index contributed by atoms with van der Waals surface area (Å²) in [5.41, 5.74) is 1.15. The SMILES string of the molecule is FC(F)(F)c1cccc(Cc2nc3c(s2)CNCC3)c1. The molecule has 0 saturated carbocycles. The fourth-order valence-corrected chi connectivity index (χ4v) is 3.41. The fraction of sp³-hybridized carbons (Fsp3) is 0.357. The third kappa shape index (κ3) is 2.86. The Balaban J connectivity index is 1.82. The van der Waals surface area contributed by atoms with Gasteiger partial charge in [-0.25, -0.2) is 4.98 Å². The Morgan fingerprint density at radius 2 is 2.15 bits per heavy atom. The third-order valence-electron chi connectivity index (χ3n) is 3.26. The van der Waals surface area contributed by atoms with E-state index >= 15 is 0 Å². The summed E-state index contributed by atoms with van der Waals surface area (Å²) in [6.07, 6.45) is -2.93. The van der Waals surface area contributed by atoms with Crippen molar-refractivity contribution in [3.05, 3.63) is 51.0 Å². The van der Waals surface area contributed by atoms with Crippen LogP contribution < -0.4 is 5.32 Å². The van der Waals surface area contributed by atoms with Crippen LogP contribution in [0.5, 0.6) is 0 Å². The fourth-order valence-electron chi connectivity index (χ4n) is 2.29.